The fraction of sp³-hybridized carbons (Fsp3) is 0.226. The van der Waals surface area contributed by atoms with Crippen molar-refractivity contribution in [2.24, 2.45) is 0 Å². The molecule has 3 heterocycles. The van der Waals surface area contributed by atoms with E-state index in [0.29, 0.717) is 27.9 Å². The Morgan fingerprint density at radius 2 is 1.61 bits per heavy atom. The number of halogens is 1. The van der Waals surface area contributed by atoms with Gasteiger partial charge in [-0.3, -0.25) is 0 Å². The third-order valence-corrected chi connectivity index (χ3v) is 7.27. The van der Waals surface area contributed by atoms with Crippen LogP contribution in [0.25, 0.3) is 27.9 Å². The minimum Gasteiger partial charge on any atom is -0.463 e. The number of nitrogens with one attached hydrogen (secondary N) is 1. The fourth-order valence-corrected chi connectivity index (χ4v) is 5.42. The van der Waals surface area contributed by atoms with Gasteiger partial charge in [0.1, 0.15) is 11.3 Å². The summed E-state index contributed by atoms with van der Waals surface area (Å²) in [5.41, 5.74) is 2.91. The van der Waals surface area contributed by atoms with Gasteiger partial charge in [-0.2, -0.15) is 5.10 Å². The number of hydrogen-bond acceptors (Lipinski definition) is 8. The van der Waals surface area contributed by atoms with E-state index in [4.69, 9.17) is 19.0 Å². The molecule has 210 valence electrons. The lowest BCUT2D eigenvalue weighted by atomic mass is 9.79. The number of rotatable bonds is 7. The third-order valence-electron chi connectivity index (χ3n) is 6.77. The summed E-state index contributed by atoms with van der Waals surface area (Å²) in [4.78, 5) is 40.3. The minimum atomic E-state index is -0.945. The summed E-state index contributed by atoms with van der Waals surface area (Å²) in [6, 6.07) is 16.4. The predicted octanol–water partition coefficient (Wildman–Crippen LogP) is 5.77. The first kappa shape index (κ1) is 28.1. The summed E-state index contributed by atoms with van der Waals surface area (Å²) < 4.78 is 19.0. The van der Waals surface area contributed by atoms with Crippen LogP contribution >= 0.6 is 15.9 Å². The van der Waals surface area contributed by atoms with E-state index in [2.05, 4.69) is 21.2 Å². The van der Waals surface area contributed by atoms with Crippen molar-refractivity contribution in [1.82, 2.24) is 15.1 Å². The Bertz CT molecular complexity index is 1740. The lowest BCUT2D eigenvalue weighted by Crippen LogP contribution is -2.32. The average molecular weight is 618 g/mol. The van der Waals surface area contributed by atoms with Gasteiger partial charge in [-0.05, 0) is 64.1 Å². The number of hydrogen-bond donors (Lipinski definition) is 1. The summed E-state index contributed by atoms with van der Waals surface area (Å²) in [5.74, 6) is -2.13. The van der Waals surface area contributed by atoms with Crippen molar-refractivity contribution >= 4 is 38.8 Å². The van der Waals surface area contributed by atoms with Gasteiger partial charge in [0.15, 0.2) is 0 Å². The highest BCUT2D eigenvalue weighted by molar-refractivity contribution is 9.10. The number of aromatic nitrogens is 2. The molecule has 4 aromatic rings. The molecular weight excluding hydrogens is 590 g/mol. The number of para-hydroxylation sites is 1. The number of carbonyl (C=O) groups is 2. The predicted molar refractivity (Wildman–Crippen MR) is 157 cm³/mol. The molecule has 10 heteroatoms. The molecule has 0 radical (unpaired) electrons. The maximum absolute atomic E-state index is 13.4. The Balaban J connectivity index is 1.84. The lowest BCUT2D eigenvalue weighted by Gasteiger charge is -2.30. The molecule has 5 rings (SSSR count). The number of ether oxygens (including phenoxy) is 2. The van der Waals surface area contributed by atoms with Crippen LogP contribution < -0.4 is 10.9 Å². The first-order valence-electron chi connectivity index (χ1n) is 13.1. The molecule has 2 aromatic carbocycles. The molecule has 0 saturated heterocycles. The van der Waals surface area contributed by atoms with Crippen LogP contribution in [0, 0.1) is 0 Å². The highest BCUT2D eigenvalue weighted by Gasteiger charge is 2.40. The molecule has 0 fully saturated rings. The Kier molecular flexibility index (Phi) is 7.94. The standard InChI is InChI=1S/C31H28BrN3O6/c1-5-39-30(37)25-17(3)33-18(4)26(31(38)40-6-2)27(25)23-16-35(21-10-8-7-9-11-21)34-28(23)22-15-19-14-20(32)12-13-24(19)41-29(22)36/h7-16,27,33H,5-6H2,1-4H3. The third kappa shape index (κ3) is 5.35. The molecule has 0 unspecified atom stereocenters. The van der Waals surface area contributed by atoms with Crippen LogP contribution in [0.15, 0.2) is 97.0 Å². The van der Waals surface area contributed by atoms with Crippen molar-refractivity contribution < 1.29 is 23.5 Å². The summed E-state index contributed by atoms with van der Waals surface area (Å²) in [7, 11) is 0. The first-order chi connectivity index (χ1) is 19.7. The molecule has 41 heavy (non-hydrogen) atoms. The van der Waals surface area contributed by atoms with E-state index >= 15 is 0 Å². The molecule has 2 aromatic heterocycles. The zero-order chi connectivity index (χ0) is 29.3. The zero-order valence-electron chi connectivity index (χ0n) is 23.0. The SMILES string of the molecule is CCOC(=O)C1=C(C)NC(C)=C(C(=O)OCC)C1c1cn(-c2ccccc2)nc1-c1cc2cc(Br)ccc2oc1=O. The number of dihydropyridines is 1. The molecule has 0 aliphatic carbocycles. The molecule has 0 atom stereocenters. The molecule has 0 saturated carbocycles. The van der Waals surface area contributed by atoms with Crippen LogP contribution in [-0.4, -0.2) is 34.9 Å². The van der Waals surface area contributed by atoms with Gasteiger partial charge in [-0.1, -0.05) is 34.1 Å². The molecule has 1 aliphatic rings. The van der Waals surface area contributed by atoms with Crippen molar-refractivity contribution in [2.45, 2.75) is 33.6 Å². The second-order valence-corrected chi connectivity index (χ2v) is 10.3. The quantitative estimate of drug-likeness (QED) is 0.205. The maximum Gasteiger partial charge on any atom is 0.345 e. The smallest absolute Gasteiger partial charge is 0.345 e. The van der Waals surface area contributed by atoms with Gasteiger partial charge in [0.25, 0.3) is 0 Å². The molecule has 0 amide bonds. The van der Waals surface area contributed by atoms with Gasteiger partial charge in [0.05, 0.1) is 41.5 Å². The second kappa shape index (κ2) is 11.6. The van der Waals surface area contributed by atoms with E-state index in [9.17, 15) is 14.4 Å². The normalized spacial score (nSPS) is 13.9. The van der Waals surface area contributed by atoms with Crippen LogP contribution in [0.4, 0.5) is 0 Å². The van der Waals surface area contributed by atoms with Crippen molar-refractivity contribution in [3.63, 3.8) is 0 Å². The van der Waals surface area contributed by atoms with E-state index in [1.807, 2.05) is 36.4 Å². The molecule has 1 aliphatic heterocycles. The van der Waals surface area contributed by atoms with Gasteiger partial charge < -0.3 is 19.2 Å². The van der Waals surface area contributed by atoms with Crippen molar-refractivity contribution in [2.75, 3.05) is 13.2 Å². The molecule has 9 nitrogen and oxygen atoms in total. The molecule has 0 spiro atoms. The van der Waals surface area contributed by atoms with Crippen LogP contribution in [0.1, 0.15) is 39.2 Å². The largest absolute Gasteiger partial charge is 0.463 e. The summed E-state index contributed by atoms with van der Waals surface area (Å²) >= 11 is 3.47. The van der Waals surface area contributed by atoms with Crippen LogP contribution in [0.3, 0.4) is 0 Å². The summed E-state index contributed by atoms with van der Waals surface area (Å²) in [6.07, 6.45) is 1.73. The van der Waals surface area contributed by atoms with Crippen molar-refractivity contribution in [1.29, 1.82) is 0 Å². The average Bonchev–Trinajstić information content (AvgIpc) is 3.38. The van der Waals surface area contributed by atoms with E-state index in [-0.39, 0.29) is 35.6 Å². The van der Waals surface area contributed by atoms with E-state index in [1.165, 1.54) is 0 Å². The Morgan fingerprint density at radius 1 is 0.976 bits per heavy atom. The Hall–Kier alpha value is -4.44. The minimum absolute atomic E-state index is 0.138. The maximum atomic E-state index is 13.4. The highest BCUT2D eigenvalue weighted by atomic mass is 79.9. The highest BCUT2D eigenvalue weighted by Crippen LogP contribution is 2.43. The van der Waals surface area contributed by atoms with Crippen molar-refractivity contribution in [3.05, 3.63) is 104 Å². The van der Waals surface area contributed by atoms with Gasteiger partial charge in [-0.25, -0.2) is 19.1 Å². The number of esters is 2. The number of allylic oxidation sites excluding steroid dienone is 2. The summed E-state index contributed by atoms with van der Waals surface area (Å²) in [6.45, 7) is 7.19. The van der Waals surface area contributed by atoms with Gasteiger partial charge in [-0.15, -0.1) is 0 Å². The van der Waals surface area contributed by atoms with E-state index < -0.39 is 23.5 Å². The van der Waals surface area contributed by atoms with E-state index in [0.717, 1.165) is 10.2 Å². The second-order valence-electron chi connectivity index (χ2n) is 9.42. The Labute approximate surface area is 244 Å². The lowest BCUT2D eigenvalue weighted by molar-refractivity contribution is -0.139. The topological polar surface area (TPSA) is 113 Å². The van der Waals surface area contributed by atoms with Crippen LogP contribution in [0.2, 0.25) is 0 Å². The Morgan fingerprint density at radius 3 is 2.22 bits per heavy atom. The monoisotopic (exact) mass is 617 g/mol. The number of nitrogens with zero attached hydrogens (tertiary/aromatic N) is 2. The van der Waals surface area contributed by atoms with Crippen LogP contribution in [0.5, 0.6) is 0 Å². The molecular formula is C31H28BrN3O6. The number of benzene rings is 2. The molecule has 1 N–H and O–H groups in total. The van der Waals surface area contributed by atoms with Crippen molar-refractivity contribution in [3.8, 4) is 16.9 Å². The number of fused-ring (bicyclic) bond motifs is 1. The first-order valence-corrected chi connectivity index (χ1v) is 13.9. The van der Waals surface area contributed by atoms with E-state index in [1.54, 1.807) is 56.8 Å². The zero-order valence-corrected chi connectivity index (χ0v) is 24.6. The summed E-state index contributed by atoms with van der Waals surface area (Å²) in [5, 5.41) is 8.64. The fourth-order valence-electron chi connectivity index (χ4n) is 5.04. The van der Waals surface area contributed by atoms with Gasteiger partial charge in [0, 0.05) is 33.0 Å². The van der Waals surface area contributed by atoms with Gasteiger partial charge >= 0.3 is 17.6 Å². The molecule has 0 bridgehead atoms. The van der Waals surface area contributed by atoms with Crippen LogP contribution in [-0.2, 0) is 19.1 Å². The number of carbonyl (C=O) groups excluding carboxylic acids is 2. The van der Waals surface area contributed by atoms with Gasteiger partial charge in [0.2, 0.25) is 0 Å².